The second kappa shape index (κ2) is 9.71. The molecule has 2 rings (SSSR count). The van der Waals surface area contributed by atoms with Gasteiger partial charge in [-0.15, -0.1) is 24.0 Å². The van der Waals surface area contributed by atoms with Crippen LogP contribution in [0.2, 0.25) is 5.02 Å². The van der Waals surface area contributed by atoms with Gasteiger partial charge in [-0.25, -0.2) is 0 Å². The number of rotatable bonds is 5. The third-order valence-corrected chi connectivity index (χ3v) is 3.10. The number of guanidine groups is 1. The molecule has 0 aliphatic rings. The van der Waals surface area contributed by atoms with Gasteiger partial charge in [0.1, 0.15) is 0 Å². The third kappa shape index (κ3) is 6.34. The molecule has 0 radical (unpaired) electrons. The second-order valence-electron chi connectivity index (χ2n) is 5.07. The molecule has 0 fully saturated rings. The Morgan fingerprint density at radius 1 is 1.30 bits per heavy atom. The average molecular weight is 450 g/mol. The van der Waals surface area contributed by atoms with E-state index in [9.17, 15) is 0 Å². The Balaban J connectivity index is 0.00000264. The molecule has 1 aromatic heterocycles. The van der Waals surface area contributed by atoms with E-state index in [4.69, 9.17) is 16.1 Å². The summed E-state index contributed by atoms with van der Waals surface area (Å²) in [5, 5.41) is 11.1. The molecule has 0 amide bonds. The summed E-state index contributed by atoms with van der Waals surface area (Å²) in [7, 11) is 1.74. The van der Waals surface area contributed by atoms with Crippen molar-refractivity contribution in [2.75, 3.05) is 13.6 Å². The summed E-state index contributed by atoms with van der Waals surface area (Å²) in [6, 6.07) is 7.66. The number of hydrogen-bond donors (Lipinski definition) is 2. The van der Waals surface area contributed by atoms with Crippen LogP contribution in [0.3, 0.4) is 0 Å². The Morgan fingerprint density at radius 3 is 2.61 bits per heavy atom. The van der Waals surface area contributed by atoms with Crippen LogP contribution in [0.1, 0.15) is 19.7 Å². The Hall–Kier alpha value is -1.35. The molecule has 8 heteroatoms. The zero-order chi connectivity index (χ0) is 15.9. The number of nitrogens with zero attached hydrogens (tertiary/aromatic N) is 3. The van der Waals surface area contributed by atoms with Crippen LogP contribution in [0.5, 0.6) is 0 Å². The first-order chi connectivity index (χ1) is 10.6. The topological polar surface area (TPSA) is 75.3 Å². The van der Waals surface area contributed by atoms with E-state index in [0.717, 1.165) is 11.5 Å². The molecule has 1 heterocycles. The van der Waals surface area contributed by atoms with Crippen LogP contribution >= 0.6 is 35.6 Å². The normalized spacial score (nSPS) is 11.3. The second-order valence-corrected chi connectivity index (χ2v) is 5.50. The highest BCUT2D eigenvalue weighted by Crippen LogP contribution is 2.18. The maximum Gasteiger partial charge on any atom is 0.228 e. The highest BCUT2D eigenvalue weighted by molar-refractivity contribution is 14.0. The van der Waals surface area contributed by atoms with Crippen LogP contribution in [0, 0.1) is 0 Å². The minimum Gasteiger partial charge on any atom is -0.356 e. The molecular weight excluding hydrogens is 429 g/mol. The fourth-order valence-electron chi connectivity index (χ4n) is 1.83. The predicted molar refractivity (Wildman–Crippen MR) is 103 cm³/mol. The molecule has 0 unspecified atom stereocenters. The first kappa shape index (κ1) is 19.7. The van der Waals surface area contributed by atoms with Crippen molar-refractivity contribution >= 4 is 41.5 Å². The van der Waals surface area contributed by atoms with Gasteiger partial charge in [0.15, 0.2) is 5.96 Å². The van der Waals surface area contributed by atoms with E-state index in [1.54, 1.807) is 19.2 Å². The van der Waals surface area contributed by atoms with Crippen LogP contribution in [0.4, 0.5) is 0 Å². The lowest BCUT2D eigenvalue weighted by molar-refractivity contribution is 0.378. The minimum atomic E-state index is 0. The molecule has 0 atom stereocenters. The third-order valence-electron chi connectivity index (χ3n) is 2.85. The van der Waals surface area contributed by atoms with Gasteiger partial charge in [0.05, 0.1) is 0 Å². The fraction of sp³-hybridized carbons (Fsp3) is 0.400. The Morgan fingerprint density at radius 2 is 2.00 bits per heavy atom. The first-order valence-electron chi connectivity index (χ1n) is 7.14. The van der Waals surface area contributed by atoms with Crippen molar-refractivity contribution in [3.8, 4) is 11.4 Å². The summed E-state index contributed by atoms with van der Waals surface area (Å²) >= 11 is 5.86. The quantitative estimate of drug-likeness (QED) is 0.417. The number of halogens is 2. The molecule has 0 aliphatic carbocycles. The highest BCUT2D eigenvalue weighted by atomic mass is 127. The van der Waals surface area contributed by atoms with Gasteiger partial charge < -0.3 is 15.2 Å². The van der Waals surface area contributed by atoms with Gasteiger partial charge in [-0.05, 0) is 38.1 Å². The van der Waals surface area contributed by atoms with E-state index in [-0.39, 0.29) is 24.0 Å². The van der Waals surface area contributed by atoms with Crippen LogP contribution in [-0.2, 0) is 6.42 Å². The molecule has 0 saturated heterocycles. The molecule has 2 aromatic rings. The molecule has 126 valence electrons. The lowest BCUT2D eigenvalue weighted by Crippen LogP contribution is -2.41. The van der Waals surface area contributed by atoms with Gasteiger partial charge in [-0.1, -0.05) is 16.8 Å². The molecule has 0 spiro atoms. The lowest BCUT2D eigenvalue weighted by Gasteiger charge is -2.13. The van der Waals surface area contributed by atoms with Crippen molar-refractivity contribution in [3.05, 3.63) is 35.2 Å². The van der Waals surface area contributed by atoms with E-state index in [2.05, 4.69) is 39.6 Å². The molecular formula is C15H21ClIN5O. The van der Waals surface area contributed by atoms with Crippen molar-refractivity contribution in [1.82, 2.24) is 20.8 Å². The Kier molecular flexibility index (Phi) is 8.32. The summed E-state index contributed by atoms with van der Waals surface area (Å²) in [5.74, 6) is 1.90. The number of aliphatic imine (C=N–C) groups is 1. The van der Waals surface area contributed by atoms with Crippen molar-refractivity contribution in [3.63, 3.8) is 0 Å². The number of aromatic nitrogens is 2. The summed E-state index contributed by atoms with van der Waals surface area (Å²) in [4.78, 5) is 8.51. The summed E-state index contributed by atoms with van der Waals surface area (Å²) in [6.45, 7) is 4.78. The van der Waals surface area contributed by atoms with Crippen LogP contribution in [0.15, 0.2) is 33.8 Å². The zero-order valence-corrected chi connectivity index (χ0v) is 16.4. The van der Waals surface area contributed by atoms with Crippen molar-refractivity contribution in [2.24, 2.45) is 4.99 Å². The van der Waals surface area contributed by atoms with Crippen molar-refractivity contribution in [1.29, 1.82) is 0 Å². The minimum absolute atomic E-state index is 0. The number of nitrogens with one attached hydrogen (secondary N) is 2. The zero-order valence-electron chi connectivity index (χ0n) is 13.3. The van der Waals surface area contributed by atoms with Gasteiger partial charge in [0.2, 0.25) is 11.7 Å². The highest BCUT2D eigenvalue weighted by Gasteiger charge is 2.08. The molecule has 0 bridgehead atoms. The van der Waals surface area contributed by atoms with E-state index < -0.39 is 0 Å². The summed E-state index contributed by atoms with van der Waals surface area (Å²) < 4.78 is 5.25. The number of hydrogen-bond acceptors (Lipinski definition) is 4. The van der Waals surface area contributed by atoms with Crippen LogP contribution in [0.25, 0.3) is 11.4 Å². The lowest BCUT2D eigenvalue weighted by atomic mass is 10.2. The van der Waals surface area contributed by atoms with Gasteiger partial charge in [-0.3, -0.25) is 4.99 Å². The molecule has 23 heavy (non-hydrogen) atoms. The summed E-state index contributed by atoms with van der Waals surface area (Å²) in [5.41, 5.74) is 0.879. The molecule has 1 aromatic carbocycles. The van der Waals surface area contributed by atoms with Gasteiger partial charge >= 0.3 is 0 Å². The van der Waals surface area contributed by atoms with Gasteiger partial charge in [-0.2, -0.15) is 4.98 Å². The molecule has 6 nitrogen and oxygen atoms in total. The maximum absolute atomic E-state index is 5.86. The standard InChI is InChI=1S/C15H20ClN5O.HI/c1-10(2)19-15(17-3)18-9-8-13-20-14(21-22-13)11-4-6-12(16)7-5-11;/h4-7,10H,8-9H2,1-3H3,(H2,17,18,19);1H. The van der Waals surface area contributed by atoms with E-state index in [0.29, 0.717) is 35.7 Å². The molecule has 0 aliphatic heterocycles. The predicted octanol–water partition coefficient (Wildman–Crippen LogP) is 3.12. The van der Waals surface area contributed by atoms with Crippen molar-refractivity contribution < 1.29 is 4.52 Å². The van der Waals surface area contributed by atoms with Gasteiger partial charge in [0, 0.05) is 36.6 Å². The van der Waals surface area contributed by atoms with E-state index in [1.807, 2.05) is 12.1 Å². The van der Waals surface area contributed by atoms with Crippen LogP contribution in [-0.4, -0.2) is 35.7 Å². The van der Waals surface area contributed by atoms with Crippen LogP contribution < -0.4 is 10.6 Å². The Bertz CT molecular complexity index is 627. The SMILES string of the molecule is CN=C(NCCc1nc(-c2ccc(Cl)cc2)no1)NC(C)C.I. The van der Waals surface area contributed by atoms with E-state index in [1.165, 1.54) is 0 Å². The fourth-order valence-corrected chi connectivity index (χ4v) is 1.95. The van der Waals surface area contributed by atoms with Crippen molar-refractivity contribution in [2.45, 2.75) is 26.3 Å². The largest absolute Gasteiger partial charge is 0.356 e. The Labute approximate surface area is 158 Å². The number of benzene rings is 1. The average Bonchev–Trinajstić information content (AvgIpc) is 2.95. The maximum atomic E-state index is 5.86. The first-order valence-corrected chi connectivity index (χ1v) is 7.52. The molecule has 0 saturated carbocycles. The van der Waals surface area contributed by atoms with E-state index >= 15 is 0 Å². The molecule has 2 N–H and O–H groups in total. The summed E-state index contributed by atoms with van der Waals surface area (Å²) in [6.07, 6.45) is 0.624. The van der Waals surface area contributed by atoms with Gasteiger partial charge in [0.25, 0.3) is 0 Å². The monoisotopic (exact) mass is 449 g/mol. The smallest absolute Gasteiger partial charge is 0.228 e.